The van der Waals surface area contributed by atoms with Crippen molar-refractivity contribution in [3.8, 4) is 5.75 Å². The highest BCUT2D eigenvalue weighted by Gasteiger charge is 2.20. The Labute approximate surface area is 174 Å². The van der Waals surface area contributed by atoms with E-state index < -0.39 is 0 Å². The van der Waals surface area contributed by atoms with Crippen LogP contribution in [0.15, 0.2) is 23.2 Å². The maximum Gasteiger partial charge on any atom is 0.234 e. The molecule has 2 N–H and O–H groups in total. The zero-order valence-electron chi connectivity index (χ0n) is 18.2. The average molecular weight is 406 g/mol. The number of guanidine groups is 1. The van der Waals surface area contributed by atoms with Crippen molar-refractivity contribution in [2.24, 2.45) is 4.99 Å². The number of nitrogens with zero attached hydrogens (tertiary/aromatic N) is 3. The Kier molecular flexibility index (Phi) is 9.73. The van der Waals surface area contributed by atoms with E-state index >= 15 is 0 Å². The van der Waals surface area contributed by atoms with E-state index in [0.29, 0.717) is 19.7 Å². The summed E-state index contributed by atoms with van der Waals surface area (Å²) in [5, 5.41) is 6.32. The predicted octanol–water partition coefficient (Wildman–Crippen LogP) is 0.502. The third-order valence-electron chi connectivity index (χ3n) is 5.05. The summed E-state index contributed by atoms with van der Waals surface area (Å²) in [6.07, 6.45) is 0.900. The van der Waals surface area contributed by atoms with Crippen LogP contribution in [0.25, 0.3) is 0 Å². The second-order valence-electron chi connectivity index (χ2n) is 7.13. The Hall–Kier alpha value is -2.32. The average Bonchev–Trinajstić information content (AvgIpc) is 2.73. The highest BCUT2D eigenvalue weighted by Crippen LogP contribution is 2.19. The number of aliphatic imine (C=N–C) groups is 1. The Morgan fingerprint density at radius 1 is 1.14 bits per heavy atom. The zero-order chi connectivity index (χ0) is 21.1. The molecule has 1 aliphatic rings. The molecule has 1 fully saturated rings. The monoisotopic (exact) mass is 405 g/mol. The molecule has 1 saturated heterocycles. The minimum absolute atomic E-state index is 0.0477. The Morgan fingerprint density at radius 2 is 1.90 bits per heavy atom. The lowest BCUT2D eigenvalue weighted by Crippen LogP contribution is -2.54. The molecule has 0 aromatic heterocycles. The van der Waals surface area contributed by atoms with Gasteiger partial charge in [0.15, 0.2) is 5.96 Å². The molecule has 0 spiro atoms. The van der Waals surface area contributed by atoms with Gasteiger partial charge in [-0.3, -0.25) is 14.7 Å². The molecule has 0 saturated carbocycles. The molecule has 29 heavy (non-hydrogen) atoms. The fourth-order valence-corrected chi connectivity index (χ4v) is 3.34. The number of hydrogen-bond acceptors (Lipinski definition) is 5. The van der Waals surface area contributed by atoms with Crippen LogP contribution in [0.5, 0.6) is 5.75 Å². The van der Waals surface area contributed by atoms with Crippen LogP contribution >= 0.6 is 0 Å². The maximum atomic E-state index is 11.9. The van der Waals surface area contributed by atoms with Crippen LogP contribution in [-0.4, -0.2) is 95.4 Å². The van der Waals surface area contributed by atoms with Gasteiger partial charge in [0.25, 0.3) is 0 Å². The van der Waals surface area contributed by atoms with E-state index in [9.17, 15) is 4.79 Å². The zero-order valence-corrected chi connectivity index (χ0v) is 18.2. The first-order chi connectivity index (χ1) is 14.1. The van der Waals surface area contributed by atoms with Gasteiger partial charge in [-0.15, -0.1) is 0 Å². The van der Waals surface area contributed by atoms with Crippen LogP contribution < -0.4 is 15.4 Å². The first kappa shape index (κ1) is 23.0. The number of piperazine rings is 1. The maximum absolute atomic E-state index is 11.9. The van der Waals surface area contributed by atoms with Crippen LogP contribution in [0.4, 0.5) is 0 Å². The molecule has 2 rings (SSSR count). The van der Waals surface area contributed by atoms with Crippen LogP contribution in [-0.2, 0) is 16.0 Å². The van der Waals surface area contributed by atoms with Crippen molar-refractivity contribution in [1.29, 1.82) is 0 Å². The molecule has 1 aromatic carbocycles. The molecular weight excluding hydrogens is 370 g/mol. The number of hydrogen-bond donors (Lipinski definition) is 2. The number of rotatable bonds is 9. The van der Waals surface area contributed by atoms with Crippen LogP contribution in [0, 0.1) is 6.92 Å². The number of amides is 1. The van der Waals surface area contributed by atoms with Crippen LogP contribution in [0.3, 0.4) is 0 Å². The summed E-state index contributed by atoms with van der Waals surface area (Å²) < 4.78 is 10.4. The molecule has 1 aromatic rings. The smallest absolute Gasteiger partial charge is 0.234 e. The van der Waals surface area contributed by atoms with E-state index in [-0.39, 0.29) is 5.91 Å². The van der Waals surface area contributed by atoms with Gasteiger partial charge in [-0.25, -0.2) is 0 Å². The lowest BCUT2D eigenvalue weighted by molar-refractivity contribution is -0.122. The summed E-state index contributed by atoms with van der Waals surface area (Å²) in [7, 11) is 5.14. The van der Waals surface area contributed by atoms with E-state index in [4.69, 9.17) is 9.47 Å². The lowest BCUT2D eigenvalue weighted by Gasteiger charge is -2.36. The normalized spacial score (nSPS) is 15.3. The second kappa shape index (κ2) is 12.3. The van der Waals surface area contributed by atoms with E-state index in [1.807, 2.05) is 14.0 Å². The molecular formula is C21H35N5O3. The molecule has 0 radical (unpaired) electrons. The van der Waals surface area contributed by atoms with Gasteiger partial charge in [-0.05, 0) is 30.5 Å². The van der Waals surface area contributed by atoms with E-state index in [1.54, 1.807) is 14.2 Å². The van der Waals surface area contributed by atoms with Crippen molar-refractivity contribution in [3.63, 3.8) is 0 Å². The standard InChI is InChI=1S/C21H35N5O3/c1-17-5-6-18(15-19(17)29-4)7-8-24-21(22-2)26-12-10-25(11-13-26)16-20(27)23-9-14-28-3/h5-6,15H,7-14,16H2,1-4H3,(H,22,24)(H,23,27). The number of aryl methyl sites for hydroxylation is 1. The number of ether oxygens (including phenoxy) is 2. The minimum Gasteiger partial charge on any atom is -0.496 e. The summed E-state index contributed by atoms with van der Waals surface area (Å²) >= 11 is 0. The topological polar surface area (TPSA) is 78.4 Å². The molecule has 0 unspecified atom stereocenters. The van der Waals surface area contributed by atoms with Crippen molar-refractivity contribution >= 4 is 11.9 Å². The van der Waals surface area contributed by atoms with Crippen molar-refractivity contribution < 1.29 is 14.3 Å². The quantitative estimate of drug-likeness (QED) is 0.354. The summed E-state index contributed by atoms with van der Waals surface area (Å²) in [5.41, 5.74) is 2.38. The Bertz CT molecular complexity index is 672. The van der Waals surface area contributed by atoms with Crippen molar-refractivity contribution in [3.05, 3.63) is 29.3 Å². The first-order valence-corrected chi connectivity index (χ1v) is 10.1. The molecule has 1 heterocycles. The molecule has 8 nitrogen and oxygen atoms in total. The predicted molar refractivity (Wildman–Crippen MR) is 116 cm³/mol. The fourth-order valence-electron chi connectivity index (χ4n) is 3.34. The third-order valence-corrected chi connectivity index (χ3v) is 5.05. The summed E-state index contributed by atoms with van der Waals surface area (Å²) in [6.45, 7) is 7.76. The molecule has 1 aliphatic heterocycles. The third kappa shape index (κ3) is 7.55. The number of nitrogens with one attached hydrogen (secondary N) is 2. The molecule has 162 valence electrons. The van der Waals surface area contributed by atoms with Crippen LogP contribution in [0.1, 0.15) is 11.1 Å². The van der Waals surface area contributed by atoms with Gasteiger partial charge in [0.1, 0.15) is 5.75 Å². The highest BCUT2D eigenvalue weighted by atomic mass is 16.5. The lowest BCUT2D eigenvalue weighted by atomic mass is 10.1. The van der Waals surface area contributed by atoms with Crippen molar-refractivity contribution in [2.75, 3.05) is 73.7 Å². The number of carbonyl (C=O) groups is 1. The summed E-state index contributed by atoms with van der Waals surface area (Å²) in [5.74, 6) is 1.88. The number of benzene rings is 1. The largest absolute Gasteiger partial charge is 0.496 e. The van der Waals surface area contributed by atoms with Crippen LogP contribution in [0.2, 0.25) is 0 Å². The molecule has 0 atom stereocenters. The SMILES string of the molecule is CN=C(NCCc1ccc(C)c(OC)c1)N1CCN(CC(=O)NCCOC)CC1. The summed E-state index contributed by atoms with van der Waals surface area (Å²) in [6, 6.07) is 6.32. The van der Waals surface area contributed by atoms with Crippen molar-refractivity contribution in [1.82, 2.24) is 20.4 Å². The highest BCUT2D eigenvalue weighted by molar-refractivity contribution is 5.80. The Balaban J connectivity index is 1.72. The van der Waals surface area contributed by atoms with Gasteiger partial charge in [0, 0.05) is 53.4 Å². The van der Waals surface area contributed by atoms with E-state index in [2.05, 4.69) is 43.6 Å². The molecule has 1 amide bonds. The van der Waals surface area contributed by atoms with E-state index in [0.717, 1.165) is 56.4 Å². The van der Waals surface area contributed by atoms with Gasteiger partial charge in [0.05, 0.1) is 20.3 Å². The van der Waals surface area contributed by atoms with Gasteiger partial charge in [0.2, 0.25) is 5.91 Å². The first-order valence-electron chi connectivity index (χ1n) is 10.1. The molecule has 0 bridgehead atoms. The Morgan fingerprint density at radius 3 is 2.55 bits per heavy atom. The molecule has 8 heteroatoms. The van der Waals surface area contributed by atoms with Gasteiger partial charge in [-0.1, -0.05) is 12.1 Å². The fraction of sp³-hybridized carbons (Fsp3) is 0.619. The number of carbonyl (C=O) groups excluding carboxylic acids is 1. The van der Waals surface area contributed by atoms with E-state index in [1.165, 1.54) is 5.56 Å². The van der Waals surface area contributed by atoms with Crippen molar-refractivity contribution in [2.45, 2.75) is 13.3 Å². The second-order valence-corrected chi connectivity index (χ2v) is 7.13. The van der Waals surface area contributed by atoms with Gasteiger partial charge < -0.3 is 25.0 Å². The van der Waals surface area contributed by atoms with Gasteiger partial charge >= 0.3 is 0 Å². The van der Waals surface area contributed by atoms with Gasteiger partial charge in [-0.2, -0.15) is 0 Å². The molecule has 0 aliphatic carbocycles. The minimum atomic E-state index is 0.0477. The summed E-state index contributed by atoms with van der Waals surface area (Å²) in [4.78, 5) is 20.8. The number of methoxy groups -OCH3 is 2.